The Kier molecular flexibility index (Phi) is 2.71. The Bertz CT molecular complexity index is 641. The molecule has 0 aliphatic rings. The van der Waals surface area contributed by atoms with Crippen molar-refractivity contribution in [2.24, 2.45) is 12.2 Å². The van der Waals surface area contributed by atoms with Crippen LogP contribution >= 0.6 is 0 Å². The lowest BCUT2D eigenvalue weighted by Crippen LogP contribution is -2.12. The van der Waals surface area contributed by atoms with E-state index >= 15 is 0 Å². The number of rotatable bonds is 3. The first-order chi connectivity index (χ1) is 7.88. The summed E-state index contributed by atoms with van der Waals surface area (Å²) in [5.74, 6) is 1.25. The van der Waals surface area contributed by atoms with Gasteiger partial charge in [0.15, 0.2) is 5.03 Å². The minimum absolute atomic E-state index is 0.142. The van der Waals surface area contributed by atoms with Crippen LogP contribution in [0.3, 0.4) is 0 Å². The molecule has 0 spiro atoms. The van der Waals surface area contributed by atoms with Gasteiger partial charge in [-0.2, -0.15) is 5.10 Å². The van der Waals surface area contributed by atoms with Crippen LogP contribution in [0.1, 0.15) is 11.6 Å². The van der Waals surface area contributed by atoms with E-state index in [4.69, 9.17) is 5.14 Å². The maximum atomic E-state index is 11.1. The SMILES string of the molecule is Cc1nc(S(N)(=O)=O)cn1Cc1ncnn1C. The molecule has 0 aromatic carbocycles. The van der Waals surface area contributed by atoms with Crippen molar-refractivity contribution in [1.29, 1.82) is 0 Å². The molecule has 2 aromatic heterocycles. The predicted octanol–water partition coefficient (Wildman–Crippen LogP) is -0.984. The lowest BCUT2D eigenvalue weighted by atomic mass is 10.5. The van der Waals surface area contributed by atoms with E-state index < -0.39 is 10.0 Å². The van der Waals surface area contributed by atoms with Crippen LogP contribution in [0.15, 0.2) is 17.6 Å². The molecule has 2 N–H and O–H groups in total. The number of nitrogens with zero attached hydrogens (tertiary/aromatic N) is 5. The molecule has 0 atom stereocenters. The average molecular weight is 256 g/mol. The number of hydrogen-bond acceptors (Lipinski definition) is 5. The van der Waals surface area contributed by atoms with Crippen LogP contribution < -0.4 is 5.14 Å². The van der Waals surface area contributed by atoms with E-state index in [1.807, 2.05) is 0 Å². The van der Waals surface area contributed by atoms with E-state index in [9.17, 15) is 8.42 Å². The Morgan fingerprint density at radius 1 is 1.47 bits per heavy atom. The second kappa shape index (κ2) is 3.93. The Morgan fingerprint density at radius 2 is 2.18 bits per heavy atom. The number of hydrogen-bond donors (Lipinski definition) is 1. The maximum absolute atomic E-state index is 11.1. The largest absolute Gasteiger partial charge is 0.326 e. The quantitative estimate of drug-likeness (QED) is 0.758. The number of aryl methyl sites for hydroxylation is 2. The molecule has 0 aliphatic heterocycles. The standard InChI is InChI=1S/C8H12N6O2S/c1-6-12-8(17(9,15)16)4-14(6)3-7-10-5-11-13(7)2/h4-5H,3H2,1-2H3,(H2,9,15,16). The molecule has 92 valence electrons. The average Bonchev–Trinajstić information content (AvgIpc) is 2.75. The van der Waals surface area contributed by atoms with Crippen molar-refractivity contribution < 1.29 is 8.42 Å². The van der Waals surface area contributed by atoms with Crippen molar-refractivity contribution in [3.05, 3.63) is 24.2 Å². The third-order valence-electron chi connectivity index (χ3n) is 2.36. The summed E-state index contributed by atoms with van der Waals surface area (Å²) < 4.78 is 25.5. The summed E-state index contributed by atoms with van der Waals surface area (Å²) in [6.07, 6.45) is 2.82. The minimum Gasteiger partial charge on any atom is -0.326 e. The van der Waals surface area contributed by atoms with Crippen molar-refractivity contribution in [3.8, 4) is 0 Å². The third-order valence-corrected chi connectivity index (χ3v) is 3.14. The fourth-order valence-corrected chi connectivity index (χ4v) is 1.93. The summed E-state index contributed by atoms with van der Waals surface area (Å²) in [5, 5.41) is 8.79. The molecule has 0 radical (unpaired) electrons. The van der Waals surface area contributed by atoms with Crippen LogP contribution in [0.25, 0.3) is 0 Å². The normalized spacial score (nSPS) is 11.9. The van der Waals surface area contributed by atoms with E-state index in [-0.39, 0.29) is 5.03 Å². The second-order valence-corrected chi connectivity index (χ2v) is 5.11. The molecule has 8 nitrogen and oxygen atoms in total. The highest BCUT2D eigenvalue weighted by Crippen LogP contribution is 2.08. The van der Waals surface area contributed by atoms with Crippen molar-refractivity contribution in [1.82, 2.24) is 24.3 Å². The molecular weight excluding hydrogens is 244 g/mol. The van der Waals surface area contributed by atoms with Gasteiger partial charge in [-0.25, -0.2) is 23.5 Å². The molecule has 0 unspecified atom stereocenters. The molecule has 9 heteroatoms. The topological polar surface area (TPSA) is 109 Å². The molecule has 0 aliphatic carbocycles. The zero-order valence-electron chi connectivity index (χ0n) is 9.40. The zero-order valence-corrected chi connectivity index (χ0v) is 10.2. The molecule has 0 amide bonds. The van der Waals surface area contributed by atoms with Crippen LogP contribution in [-0.2, 0) is 23.6 Å². The lowest BCUT2D eigenvalue weighted by molar-refractivity contribution is 0.594. The Balaban J connectivity index is 2.35. The summed E-state index contributed by atoms with van der Waals surface area (Å²) in [7, 11) is -2.01. The number of aromatic nitrogens is 5. The van der Waals surface area contributed by atoms with Crippen LogP contribution in [0.2, 0.25) is 0 Å². The van der Waals surface area contributed by atoms with Gasteiger partial charge in [0.25, 0.3) is 10.0 Å². The Morgan fingerprint density at radius 3 is 2.65 bits per heavy atom. The van der Waals surface area contributed by atoms with Gasteiger partial charge >= 0.3 is 0 Å². The fourth-order valence-electron chi connectivity index (χ4n) is 1.39. The summed E-state index contributed by atoms with van der Waals surface area (Å²) in [4.78, 5) is 7.93. The number of nitrogens with two attached hydrogens (primary N) is 1. The smallest absolute Gasteiger partial charge is 0.257 e. The number of sulfonamides is 1. The highest BCUT2D eigenvalue weighted by atomic mass is 32.2. The summed E-state index contributed by atoms with van der Waals surface area (Å²) in [5.41, 5.74) is 0. The van der Waals surface area contributed by atoms with Crippen LogP contribution in [0.5, 0.6) is 0 Å². The van der Waals surface area contributed by atoms with Crippen molar-refractivity contribution in [3.63, 3.8) is 0 Å². The molecule has 2 rings (SSSR count). The number of primary sulfonamides is 1. The van der Waals surface area contributed by atoms with Crippen LogP contribution in [0.4, 0.5) is 0 Å². The molecule has 0 fully saturated rings. The van der Waals surface area contributed by atoms with E-state index in [1.54, 1.807) is 23.2 Å². The van der Waals surface area contributed by atoms with Crippen LogP contribution in [-0.4, -0.2) is 32.7 Å². The van der Waals surface area contributed by atoms with Gasteiger partial charge in [0.2, 0.25) is 0 Å². The molecular formula is C8H12N6O2S. The Labute approximate surface area is 98.1 Å². The molecule has 17 heavy (non-hydrogen) atoms. The van der Waals surface area contributed by atoms with E-state index in [1.165, 1.54) is 12.5 Å². The third kappa shape index (κ3) is 2.34. The first kappa shape index (κ1) is 11.7. The van der Waals surface area contributed by atoms with Crippen molar-refractivity contribution in [2.45, 2.75) is 18.5 Å². The minimum atomic E-state index is -3.77. The summed E-state index contributed by atoms with van der Waals surface area (Å²) in [6.45, 7) is 2.09. The monoisotopic (exact) mass is 256 g/mol. The predicted molar refractivity (Wildman–Crippen MR) is 58.4 cm³/mol. The lowest BCUT2D eigenvalue weighted by Gasteiger charge is -2.03. The maximum Gasteiger partial charge on any atom is 0.257 e. The highest BCUT2D eigenvalue weighted by molar-refractivity contribution is 7.89. The van der Waals surface area contributed by atoms with Gasteiger partial charge < -0.3 is 4.57 Å². The van der Waals surface area contributed by atoms with E-state index in [2.05, 4.69) is 15.1 Å². The number of imidazole rings is 1. The highest BCUT2D eigenvalue weighted by Gasteiger charge is 2.15. The van der Waals surface area contributed by atoms with Crippen LogP contribution in [0, 0.1) is 6.92 Å². The van der Waals surface area contributed by atoms with Gasteiger partial charge in [0.05, 0.1) is 6.54 Å². The van der Waals surface area contributed by atoms with Gasteiger partial charge in [-0.3, -0.25) is 4.68 Å². The van der Waals surface area contributed by atoms with Gasteiger partial charge in [0, 0.05) is 13.2 Å². The first-order valence-corrected chi connectivity index (χ1v) is 6.32. The summed E-state index contributed by atoms with van der Waals surface area (Å²) in [6, 6.07) is 0. The molecule has 0 saturated carbocycles. The van der Waals surface area contributed by atoms with Crippen molar-refractivity contribution >= 4 is 10.0 Å². The first-order valence-electron chi connectivity index (χ1n) is 4.77. The zero-order chi connectivity index (χ0) is 12.6. The molecule has 0 saturated heterocycles. The second-order valence-electron chi connectivity index (χ2n) is 3.60. The van der Waals surface area contributed by atoms with E-state index in [0.717, 1.165) is 0 Å². The molecule has 2 heterocycles. The van der Waals surface area contributed by atoms with Gasteiger partial charge in [-0.15, -0.1) is 0 Å². The fraction of sp³-hybridized carbons (Fsp3) is 0.375. The molecule has 2 aromatic rings. The Hall–Kier alpha value is -1.74. The van der Waals surface area contributed by atoms with Gasteiger partial charge in [-0.05, 0) is 6.92 Å². The van der Waals surface area contributed by atoms with Crippen molar-refractivity contribution in [2.75, 3.05) is 0 Å². The van der Waals surface area contributed by atoms with E-state index in [0.29, 0.717) is 18.2 Å². The summed E-state index contributed by atoms with van der Waals surface area (Å²) >= 11 is 0. The molecule has 0 bridgehead atoms. The van der Waals surface area contributed by atoms with Gasteiger partial charge in [-0.1, -0.05) is 0 Å². The van der Waals surface area contributed by atoms with Gasteiger partial charge in [0.1, 0.15) is 18.0 Å².